The number of halogens is 2. The smallest absolute Gasteiger partial charge is 0.254 e. The van der Waals surface area contributed by atoms with Crippen LogP contribution in [0.5, 0.6) is 0 Å². The molecule has 174 valence electrons. The molecule has 0 spiro atoms. The van der Waals surface area contributed by atoms with Gasteiger partial charge in [-0.25, -0.2) is 0 Å². The van der Waals surface area contributed by atoms with Gasteiger partial charge in [-0.05, 0) is 70.5 Å². The summed E-state index contributed by atoms with van der Waals surface area (Å²) >= 11 is 9.38. The Hall–Kier alpha value is -2.44. The molecule has 0 aliphatic carbocycles. The molecule has 2 aromatic rings. The van der Waals surface area contributed by atoms with Crippen LogP contribution >= 0.6 is 27.5 Å². The van der Waals surface area contributed by atoms with Crippen molar-refractivity contribution >= 4 is 51.2 Å². The summed E-state index contributed by atoms with van der Waals surface area (Å²) in [7, 11) is 0. The number of carbonyl (C=O) groups excluding carboxylic acids is 3. The molecule has 2 amide bonds. The number of benzene rings is 2. The van der Waals surface area contributed by atoms with Crippen molar-refractivity contribution in [1.29, 1.82) is 0 Å². The molecule has 33 heavy (non-hydrogen) atoms. The van der Waals surface area contributed by atoms with Gasteiger partial charge in [0.1, 0.15) is 0 Å². The minimum Gasteiger partial charge on any atom is -0.349 e. The summed E-state index contributed by atoms with van der Waals surface area (Å²) < 4.78 is 0.818. The average Bonchev–Trinajstić information content (AvgIpc) is 3.02. The molecular weight excluding hydrogens is 504 g/mol. The third-order valence-electron chi connectivity index (χ3n) is 5.42. The fraction of sp³-hybridized carbons (Fsp3) is 0.346. The number of nitrogens with zero attached hydrogens (tertiary/aromatic N) is 1. The van der Waals surface area contributed by atoms with E-state index in [1.165, 1.54) is 4.90 Å². The topological polar surface area (TPSA) is 66.5 Å². The maximum absolute atomic E-state index is 14.0. The van der Waals surface area contributed by atoms with E-state index in [0.717, 1.165) is 10.0 Å². The molecule has 1 saturated heterocycles. The predicted octanol–water partition coefficient (Wildman–Crippen LogP) is 5.66. The largest absolute Gasteiger partial charge is 0.349 e. The fourth-order valence-corrected chi connectivity index (χ4v) is 4.47. The van der Waals surface area contributed by atoms with Crippen molar-refractivity contribution in [3.63, 3.8) is 0 Å². The van der Waals surface area contributed by atoms with Gasteiger partial charge >= 0.3 is 0 Å². The number of nitrogens with one attached hydrogen (secondary N) is 1. The van der Waals surface area contributed by atoms with Gasteiger partial charge in [-0.1, -0.05) is 51.8 Å². The second-order valence-electron chi connectivity index (χ2n) is 9.57. The van der Waals surface area contributed by atoms with Gasteiger partial charge in [0.2, 0.25) is 0 Å². The number of hydrogen-bond acceptors (Lipinski definition) is 3. The summed E-state index contributed by atoms with van der Waals surface area (Å²) in [5, 5.41) is 3.54. The van der Waals surface area contributed by atoms with Crippen LogP contribution in [0.3, 0.4) is 0 Å². The highest BCUT2D eigenvalue weighted by Crippen LogP contribution is 2.40. The van der Waals surface area contributed by atoms with Gasteiger partial charge in [-0.15, -0.1) is 0 Å². The molecule has 1 atom stereocenters. The second kappa shape index (κ2) is 9.43. The Kier molecular flexibility index (Phi) is 7.20. The first-order chi connectivity index (χ1) is 15.3. The van der Waals surface area contributed by atoms with E-state index in [-0.39, 0.29) is 18.4 Å². The van der Waals surface area contributed by atoms with E-state index < -0.39 is 22.8 Å². The normalized spacial score (nSPS) is 19.9. The molecule has 1 unspecified atom stereocenters. The van der Waals surface area contributed by atoms with Crippen LogP contribution in [-0.4, -0.2) is 39.6 Å². The number of likely N-dealkylation sites (tertiary alicyclic amines) is 1. The van der Waals surface area contributed by atoms with Gasteiger partial charge in [0, 0.05) is 38.6 Å². The molecule has 1 fully saturated rings. The molecule has 0 aromatic heterocycles. The van der Waals surface area contributed by atoms with E-state index >= 15 is 0 Å². The van der Waals surface area contributed by atoms with Crippen LogP contribution in [0.15, 0.2) is 58.6 Å². The Balaban J connectivity index is 2.19. The van der Waals surface area contributed by atoms with Crippen LogP contribution in [0.2, 0.25) is 5.02 Å². The first-order valence-corrected chi connectivity index (χ1v) is 11.9. The lowest BCUT2D eigenvalue weighted by Crippen LogP contribution is -2.65. The molecule has 2 aromatic carbocycles. The quantitative estimate of drug-likeness (QED) is 0.307. The zero-order chi connectivity index (χ0) is 24.6. The van der Waals surface area contributed by atoms with Crippen molar-refractivity contribution in [2.75, 3.05) is 0 Å². The molecule has 0 bridgehead atoms. The Morgan fingerprint density at radius 2 is 1.67 bits per heavy atom. The number of amides is 2. The van der Waals surface area contributed by atoms with Gasteiger partial charge in [0.15, 0.2) is 11.3 Å². The lowest BCUT2D eigenvalue weighted by Gasteiger charge is -2.39. The number of ketones is 1. The maximum Gasteiger partial charge on any atom is 0.254 e. The molecule has 0 saturated carbocycles. The molecule has 7 heteroatoms. The second-order valence-corrected chi connectivity index (χ2v) is 10.9. The number of carbonyl (C=O) groups is 3. The van der Waals surface area contributed by atoms with Crippen LogP contribution in [0, 0.1) is 0 Å². The van der Waals surface area contributed by atoms with Crippen LogP contribution in [0.4, 0.5) is 0 Å². The summed E-state index contributed by atoms with van der Waals surface area (Å²) in [5.41, 5.74) is -0.730. The minimum absolute atomic E-state index is 0.0244. The summed E-state index contributed by atoms with van der Waals surface area (Å²) in [5.74, 6) is -1.21. The number of Topliss-reactive ketones (excluding diaryl/α,β-unsaturated/α-hetero) is 1. The summed E-state index contributed by atoms with van der Waals surface area (Å²) in [4.78, 5) is 42.8. The monoisotopic (exact) mass is 530 g/mol. The minimum atomic E-state index is -1.69. The van der Waals surface area contributed by atoms with Crippen LogP contribution in [0.25, 0.3) is 6.08 Å². The van der Waals surface area contributed by atoms with Gasteiger partial charge < -0.3 is 10.2 Å². The van der Waals surface area contributed by atoms with Crippen molar-refractivity contribution in [2.45, 2.75) is 58.2 Å². The van der Waals surface area contributed by atoms with E-state index in [4.69, 9.17) is 11.6 Å². The van der Waals surface area contributed by atoms with Crippen LogP contribution in [-0.2, 0) is 9.59 Å². The van der Waals surface area contributed by atoms with Gasteiger partial charge in [-0.3, -0.25) is 14.4 Å². The van der Waals surface area contributed by atoms with E-state index in [1.54, 1.807) is 54.6 Å². The van der Waals surface area contributed by atoms with Gasteiger partial charge in [-0.2, -0.15) is 0 Å². The highest BCUT2D eigenvalue weighted by Gasteiger charge is 2.59. The fourth-order valence-electron chi connectivity index (χ4n) is 4.08. The van der Waals surface area contributed by atoms with Crippen molar-refractivity contribution in [2.24, 2.45) is 0 Å². The molecule has 1 heterocycles. The van der Waals surface area contributed by atoms with Crippen molar-refractivity contribution in [3.05, 3.63) is 74.7 Å². The Labute approximate surface area is 208 Å². The Morgan fingerprint density at radius 1 is 1.09 bits per heavy atom. The van der Waals surface area contributed by atoms with Crippen molar-refractivity contribution in [3.8, 4) is 0 Å². The van der Waals surface area contributed by atoms with E-state index in [1.807, 2.05) is 34.6 Å². The first kappa shape index (κ1) is 25.2. The Morgan fingerprint density at radius 3 is 2.18 bits per heavy atom. The molecule has 5 nitrogen and oxygen atoms in total. The van der Waals surface area contributed by atoms with E-state index in [0.29, 0.717) is 16.2 Å². The highest BCUT2D eigenvalue weighted by atomic mass is 79.9. The van der Waals surface area contributed by atoms with Crippen LogP contribution < -0.4 is 5.32 Å². The van der Waals surface area contributed by atoms with Crippen molar-refractivity contribution < 1.29 is 14.4 Å². The molecule has 3 rings (SSSR count). The first-order valence-electron chi connectivity index (χ1n) is 10.8. The van der Waals surface area contributed by atoms with Crippen LogP contribution in [0.1, 0.15) is 57.0 Å². The third kappa shape index (κ3) is 5.22. The third-order valence-corrected chi connectivity index (χ3v) is 6.21. The SMILES string of the molecule is CC(C)N1C(=O)/C(=C/c2ccc(Cl)cc2)CC1(C(=O)NC(C)(C)C)C(=O)c1ccc(Br)cc1. The van der Waals surface area contributed by atoms with E-state index in [9.17, 15) is 14.4 Å². The standard InChI is InChI=1S/C26H28BrClN2O3/c1-16(2)30-23(32)19(14-17-6-12-21(28)13-7-17)15-26(30,24(33)29-25(3,4)5)22(31)18-8-10-20(27)11-9-18/h6-14,16H,15H2,1-5H3,(H,29,33)/b19-14+. The zero-order valence-electron chi connectivity index (χ0n) is 19.4. The lowest BCUT2D eigenvalue weighted by atomic mass is 9.83. The number of hydrogen-bond donors (Lipinski definition) is 1. The van der Waals surface area contributed by atoms with Crippen molar-refractivity contribution in [1.82, 2.24) is 10.2 Å². The maximum atomic E-state index is 14.0. The summed E-state index contributed by atoms with van der Waals surface area (Å²) in [6.07, 6.45) is 1.71. The van der Waals surface area contributed by atoms with E-state index in [2.05, 4.69) is 21.2 Å². The Bertz CT molecular complexity index is 1100. The highest BCUT2D eigenvalue weighted by molar-refractivity contribution is 9.10. The van der Waals surface area contributed by atoms with Gasteiger partial charge in [0.05, 0.1) is 0 Å². The zero-order valence-corrected chi connectivity index (χ0v) is 21.8. The van der Waals surface area contributed by atoms with Gasteiger partial charge in [0.25, 0.3) is 11.8 Å². The molecular formula is C26H28BrClN2O3. The molecule has 1 N–H and O–H groups in total. The predicted molar refractivity (Wildman–Crippen MR) is 135 cm³/mol. The lowest BCUT2D eigenvalue weighted by molar-refractivity contribution is -0.140. The molecule has 1 aliphatic heterocycles. The molecule has 0 radical (unpaired) electrons. The number of rotatable bonds is 5. The average molecular weight is 532 g/mol. The summed E-state index contributed by atoms with van der Waals surface area (Å²) in [6, 6.07) is 13.5. The molecule has 1 aliphatic rings. The summed E-state index contributed by atoms with van der Waals surface area (Å²) in [6.45, 7) is 9.19.